The Morgan fingerprint density at radius 3 is 2.55 bits per heavy atom. The number of para-hydroxylation sites is 1. The number of carbonyl (C=O) groups is 2. The number of carbonyl (C=O) groups excluding carboxylic acids is 2. The first kappa shape index (κ1) is 23.9. The summed E-state index contributed by atoms with van der Waals surface area (Å²) in [6.07, 6.45) is 3.11. The smallest absolute Gasteiger partial charge is 0.244 e. The van der Waals surface area contributed by atoms with Crippen molar-refractivity contribution >= 4 is 35.3 Å². The van der Waals surface area contributed by atoms with E-state index >= 15 is 0 Å². The highest BCUT2D eigenvalue weighted by Gasteiger charge is 2.12. The molecule has 0 bridgehead atoms. The average Bonchev–Trinajstić information content (AvgIpc) is 3.19. The van der Waals surface area contributed by atoms with E-state index in [-0.39, 0.29) is 24.1 Å². The minimum Gasteiger partial charge on any atom is -0.493 e. The first-order chi connectivity index (χ1) is 16.0. The fourth-order valence-corrected chi connectivity index (χ4v) is 3.56. The Hall–Kier alpha value is -3.79. The highest BCUT2D eigenvalue weighted by atomic mass is 32.2. The van der Waals surface area contributed by atoms with Crippen LogP contribution in [-0.2, 0) is 23.2 Å². The molecule has 0 saturated carbocycles. The van der Waals surface area contributed by atoms with Gasteiger partial charge >= 0.3 is 0 Å². The van der Waals surface area contributed by atoms with Gasteiger partial charge in [0.05, 0.1) is 26.5 Å². The van der Waals surface area contributed by atoms with Crippen molar-refractivity contribution in [2.75, 3.05) is 25.3 Å². The minimum absolute atomic E-state index is 0.135. The highest BCUT2D eigenvalue weighted by molar-refractivity contribution is 7.99. The van der Waals surface area contributed by atoms with Gasteiger partial charge in [0.15, 0.2) is 22.5 Å². The fraction of sp³-hybridized carbons (Fsp3) is 0.217. The van der Waals surface area contributed by atoms with Gasteiger partial charge in [0.1, 0.15) is 0 Å². The number of hydrogen-bond donors (Lipinski definition) is 2. The highest BCUT2D eigenvalue weighted by Crippen LogP contribution is 2.27. The Kier molecular flexibility index (Phi) is 8.48. The van der Waals surface area contributed by atoms with Crippen molar-refractivity contribution in [2.24, 2.45) is 7.05 Å². The minimum atomic E-state index is -0.274. The second-order valence-electron chi connectivity index (χ2n) is 6.83. The molecular formula is C23H25N5O4S. The first-order valence-corrected chi connectivity index (χ1v) is 11.0. The lowest BCUT2D eigenvalue weighted by atomic mass is 10.2. The first-order valence-electron chi connectivity index (χ1n) is 10.0. The number of anilines is 1. The van der Waals surface area contributed by atoms with E-state index in [1.54, 1.807) is 44.0 Å². The molecule has 33 heavy (non-hydrogen) atoms. The van der Waals surface area contributed by atoms with Crippen LogP contribution in [0.15, 0.2) is 59.8 Å². The van der Waals surface area contributed by atoms with Crippen LogP contribution in [0.3, 0.4) is 0 Å². The molecule has 2 aromatic carbocycles. The third-order valence-corrected chi connectivity index (χ3v) is 5.59. The maximum Gasteiger partial charge on any atom is 0.244 e. The van der Waals surface area contributed by atoms with Gasteiger partial charge in [-0.25, -0.2) is 0 Å². The van der Waals surface area contributed by atoms with E-state index < -0.39 is 0 Å². The van der Waals surface area contributed by atoms with E-state index in [1.165, 1.54) is 17.8 Å². The molecule has 1 heterocycles. The van der Waals surface area contributed by atoms with Crippen LogP contribution in [0.4, 0.5) is 5.69 Å². The second-order valence-corrected chi connectivity index (χ2v) is 7.77. The van der Waals surface area contributed by atoms with Crippen LogP contribution >= 0.6 is 11.8 Å². The van der Waals surface area contributed by atoms with Gasteiger partial charge in [-0.1, -0.05) is 36.0 Å². The SMILES string of the molecule is COc1ccc(C=CC(=O)NCc2nnc(SCC(=O)Nc3ccccc3)n2C)cc1OC. The molecule has 2 amide bonds. The van der Waals surface area contributed by atoms with Gasteiger partial charge in [-0.2, -0.15) is 0 Å². The molecule has 1 aromatic heterocycles. The molecule has 0 spiro atoms. The normalized spacial score (nSPS) is 10.8. The molecule has 0 atom stereocenters. The molecule has 3 rings (SSSR count). The van der Waals surface area contributed by atoms with Gasteiger partial charge in [-0.15, -0.1) is 10.2 Å². The van der Waals surface area contributed by atoms with Gasteiger partial charge in [0.25, 0.3) is 0 Å². The summed E-state index contributed by atoms with van der Waals surface area (Å²) in [7, 11) is 4.91. The number of nitrogens with one attached hydrogen (secondary N) is 2. The van der Waals surface area contributed by atoms with Gasteiger partial charge in [-0.3, -0.25) is 9.59 Å². The fourth-order valence-electron chi connectivity index (χ4n) is 2.83. The summed E-state index contributed by atoms with van der Waals surface area (Å²) in [6.45, 7) is 0.204. The number of hydrogen-bond acceptors (Lipinski definition) is 7. The van der Waals surface area contributed by atoms with E-state index in [1.807, 2.05) is 36.4 Å². The Balaban J connectivity index is 1.49. The van der Waals surface area contributed by atoms with Gasteiger partial charge in [0, 0.05) is 18.8 Å². The van der Waals surface area contributed by atoms with Crippen LogP contribution < -0.4 is 20.1 Å². The van der Waals surface area contributed by atoms with Gasteiger partial charge in [0.2, 0.25) is 11.8 Å². The zero-order valence-electron chi connectivity index (χ0n) is 18.6. The van der Waals surface area contributed by atoms with Crippen molar-refractivity contribution in [1.29, 1.82) is 0 Å². The van der Waals surface area contributed by atoms with Crippen molar-refractivity contribution in [3.8, 4) is 11.5 Å². The third-order valence-electron chi connectivity index (χ3n) is 4.57. The van der Waals surface area contributed by atoms with E-state index in [9.17, 15) is 9.59 Å². The lowest BCUT2D eigenvalue weighted by Gasteiger charge is -2.07. The van der Waals surface area contributed by atoms with E-state index in [0.29, 0.717) is 22.5 Å². The molecule has 3 aromatic rings. The average molecular weight is 468 g/mol. The number of nitrogens with zero attached hydrogens (tertiary/aromatic N) is 3. The molecule has 172 valence electrons. The summed E-state index contributed by atoms with van der Waals surface area (Å²) in [5.41, 5.74) is 1.54. The van der Waals surface area contributed by atoms with Crippen LogP contribution in [0.1, 0.15) is 11.4 Å². The Labute approximate surface area is 196 Å². The number of ether oxygens (including phenoxy) is 2. The number of benzene rings is 2. The van der Waals surface area contributed by atoms with Crippen LogP contribution in [0.5, 0.6) is 11.5 Å². The predicted octanol–water partition coefficient (Wildman–Crippen LogP) is 2.89. The summed E-state index contributed by atoms with van der Waals surface area (Å²) in [4.78, 5) is 24.3. The number of thioether (sulfide) groups is 1. The molecule has 2 N–H and O–H groups in total. The predicted molar refractivity (Wildman–Crippen MR) is 127 cm³/mol. The zero-order valence-corrected chi connectivity index (χ0v) is 19.4. The van der Waals surface area contributed by atoms with Crippen molar-refractivity contribution in [1.82, 2.24) is 20.1 Å². The second kappa shape index (κ2) is 11.7. The number of rotatable bonds is 10. The summed E-state index contributed by atoms with van der Waals surface area (Å²) >= 11 is 1.27. The molecule has 0 aliphatic rings. The van der Waals surface area contributed by atoms with Crippen molar-refractivity contribution in [3.05, 3.63) is 66.0 Å². The molecular weight excluding hydrogens is 442 g/mol. The van der Waals surface area contributed by atoms with Crippen molar-refractivity contribution in [2.45, 2.75) is 11.7 Å². The molecule has 0 saturated heterocycles. The molecule has 0 fully saturated rings. The maximum atomic E-state index is 12.2. The van der Waals surface area contributed by atoms with Gasteiger partial charge in [-0.05, 0) is 35.9 Å². The van der Waals surface area contributed by atoms with E-state index in [0.717, 1.165) is 11.3 Å². The van der Waals surface area contributed by atoms with Crippen LogP contribution in [0, 0.1) is 0 Å². The van der Waals surface area contributed by atoms with Crippen LogP contribution in [-0.4, -0.2) is 46.6 Å². The summed E-state index contributed by atoms with van der Waals surface area (Å²) in [6, 6.07) is 14.6. The molecule has 0 aliphatic carbocycles. The van der Waals surface area contributed by atoms with Crippen LogP contribution in [0.25, 0.3) is 6.08 Å². The number of methoxy groups -OCH3 is 2. The molecule has 0 unspecified atom stereocenters. The quantitative estimate of drug-likeness (QED) is 0.349. The monoisotopic (exact) mass is 467 g/mol. The Morgan fingerprint density at radius 2 is 1.82 bits per heavy atom. The summed E-state index contributed by atoms with van der Waals surface area (Å²) in [5.74, 6) is 1.57. The molecule has 0 aliphatic heterocycles. The van der Waals surface area contributed by atoms with Gasteiger partial charge < -0.3 is 24.7 Å². The number of amides is 2. The molecule has 10 heteroatoms. The Morgan fingerprint density at radius 1 is 1.06 bits per heavy atom. The van der Waals surface area contributed by atoms with Crippen molar-refractivity contribution in [3.63, 3.8) is 0 Å². The molecule has 0 radical (unpaired) electrons. The van der Waals surface area contributed by atoms with Crippen molar-refractivity contribution < 1.29 is 19.1 Å². The van der Waals surface area contributed by atoms with Crippen LogP contribution in [0.2, 0.25) is 0 Å². The summed E-state index contributed by atoms with van der Waals surface area (Å²) < 4.78 is 12.2. The van der Waals surface area contributed by atoms with E-state index in [2.05, 4.69) is 20.8 Å². The standard InChI is InChI=1S/C23H25N5O4S/c1-28-20(26-27-23(28)33-15-22(30)25-17-7-5-4-6-8-17)14-24-21(29)12-10-16-9-11-18(31-2)19(13-16)32-3/h4-13H,14-15H2,1-3H3,(H,24,29)(H,25,30). The summed E-state index contributed by atoms with van der Waals surface area (Å²) in [5, 5.41) is 14.4. The maximum absolute atomic E-state index is 12.2. The lowest BCUT2D eigenvalue weighted by Crippen LogP contribution is -2.22. The molecule has 9 nitrogen and oxygen atoms in total. The lowest BCUT2D eigenvalue weighted by molar-refractivity contribution is -0.116. The number of aromatic nitrogens is 3. The Bertz CT molecular complexity index is 1130. The van der Waals surface area contributed by atoms with E-state index in [4.69, 9.17) is 9.47 Å². The third kappa shape index (κ3) is 6.84. The topological polar surface area (TPSA) is 107 Å². The largest absolute Gasteiger partial charge is 0.493 e. The zero-order chi connectivity index (χ0) is 23.6.